The van der Waals surface area contributed by atoms with E-state index in [1.165, 1.54) is 4.88 Å². The van der Waals surface area contributed by atoms with Gasteiger partial charge in [0.25, 0.3) is 0 Å². The van der Waals surface area contributed by atoms with E-state index in [1.807, 2.05) is 6.07 Å². The molecule has 1 heterocycles. The predicted octanol–water partition coefficient (Wildman–Crippen LogP) is 4.17. The molecule has 0 bridgehead atoms. The minimum Gasteiger partial charge on any atom is -0.487 e. The number of rotatable bonds is 4. The van der Waals surface area contributed by atoms with E-state index in [0.717, 1.165) is 26.9 Å². The lowest BCUT2D eigenvalue weighted by molar-refractivity contribution is 0.305. The van der Waals surface area contributed by atoms with Crippen molar-refractivity contribution < 1.29 is 4.74 Å². The number of hydrogen-bond acceptors (Lipinski definition) is 3. The first-order chi connectivity index (χ1) is 8.61. The van der Waals surface area contributed by atoms with Crippen LogP contribution in [0.3, 0.4) is 0 Å². The predicted molar refractivity (Wildman–Crippen MR) is 80.2 cm³/mol. The lowest BCUT2D eigenvalue weighted by atomic mass is 10.1. The van der Waals surface area contributed by atoms with Gasteiger partial charge in [-0.15, -0.1) is 11.3 Å². The fourth-order valence-electron chi connectivity index (χ4n) is 1.95. The number of nitrogens with two attached hydrogens (primary N) is 1. The van der Waals surface area contributed by atoms with Gasteiger partial charge < -0.3 is 10.5 Å². The molecule has 96 valence electrons. The molecular weight excluding hydrogens is 310 g/mol. The monoisotopic (exact) mass is 325 g/mol. The summed E-state index contributed by atoms with van der Waals surface area (Å²) in [4.78, 5) is 1.21. The second kappa shape index (κ2) is 5.87. The molecule has 2 N–H and O–H groups in total. The van der Waals surface area contributed by atoms with Crippen LogP contribution in [-0.4, -0.2) is 0 Å². The van der Waals surface area contributed by atoms with Gasteiger partial charge in [-0.2, -0.15) is 0 Å². The van der Waals surface area contributed by atoms with Gasteiger partial charge in [-0.05, 0) is 57.9 Å². The second-order valence-corrected chi connectivity index (χ2v) is 6.10. The van der Waals surface area contributed by atoms with E-state index in [-0.39, 0.29) is 0 Å². The summed E-state index contributed by atoms with van der Waals surface area (Å²) in [6.45, 7) is 5.29. The first kappa shape index (κ1) is 13.6. The quantitative estimate of drug-likeness (QED) is 0.915. The zero-order valence-corrected chi connectivity index (χ0v) is 12.9. The Hall–Kier alpha value is -0.840. The van der Waals surface area contributed by atoms with Gasteiger partial charge in [0.05, 0.1) is 4.88 Å². The highest BCUT2D eigenvalue weighted by molar-refractivity contribution is 9.10. The van der Waals surface area contributed by atoms with Crippen molar-refractivity contribution >= 4 is 27.3 Å². The molecule has 0 saturated heterocycles. The Morgan fingerprint density at radius 3 is 2.44 bits per heavy atom. The number of aryl methyl sites for hydroxylation is 2. The molecule has 0 amide bonds. The van der Waals surface area contributed by atoms with Gasteiger partial charge in [0.15, 0.2) is 0 Å². The molecule has 1 aromatic heterocycles. The van der Waals surface area contributed by atoms with Gasteiger partial charge >= 0.3 is 0 Å². The summed E-state index contributed by atoms with van der Waals surface area (Å²) in [5, 5.41) is 2.06. The van der Waals surface area contributed by atoms with Crippen LogP contribution in [0.25, 0.3) is 0 Å². The van der Waals surface area contributed by atoms with Crippen molar-refractivity contribution in [1.29, 1.82) is 0 Å². The summed E-state index contributed by atoms with van der Waals surface area (Å²) in [7, 11) is 0. The summed E-state index contributed by atoms with van der Waals surface area (Å²) in [6, 6.07) is 6.22. The summed E-state index contributed by atoms with van der Waals surface area (Å²) >= 11 is 5.21. The topological polar surface area (TPSA) is 35.2 Å². The zero-order chi connectivity index (χ0) is 13.1. The maximum Gasteiger partial charge on any atom is 0.125 e. The Kier molecular flexibility index (Phi) is 4.43. The van der Waals surface area contributed by atoms with E-state index in [2.05, 4.69) is 47.3 Å². The molecule has 0 unspecified atom stereocenters. The summed E-state index contributed by atoms with van der Waals surface area (Å²) in [5.41, 5.74) is 9.09. The van der Waals surface area contributed by atoms with Crippen LogP contribution in [0.5, 0.6) is 5.75 Å². The van der Waals surface area contributed by atoms with Gasteiger partial charge in [0.2, 0.25) is 0 Å². The Labute approximate surface area is 120 Å². The van der Waals surface area contributed by atoms with Crippen LogP contribution in [0.2, 0.25) is 0 Å². The number of benzene rings is 1. The minimum absolute atomic E-state index is 0.568. The van der Waals surface area contributed by atoms with E-state index in [1.54, 1.807) is 11.3 Å². The normalized spacial score (nSPS) is 10.7. The summed E-state index contributed by atoms with van der Waals surface area (Å²) in [6.07, 6.45) is 0. The van der Waals surface area contributed by atoms with E-state index in [0.29, 0.717) is 13.2 Å². The molecule has 0 fully saturated rings. The van der Waals surface area contributed by atoms with E-state index in [4.69, 9.17) is 10.5 Å². The Bertz CT molecular complexity index is 527. The number of thiophene rings is 1. The van der Waals surface area contributed by atoms with Gasteiger partial charge in [0, 0.05) is 11.0 Å². The average Bonchev–Trinajstić information content (AvgIpc) is 2.73. The fourth-order valence-corrected chi connectivity index (χ4v) is 3.33. The van der Waals surface area contributed by atoms with Crippen molar-refractivity contribution in [3.63, 3.8) is 0 Å². The summed E-state index contributed by atoms with van der Waals surface area (Å²) < 4.78 is 7.04. The Balaban J connectivity index is 2.17. The molecule has 2 rings (SSSR count). The van der Waals surface area contributed by atoms with Crippen LogP contribution in [0.15, 0.2) is 28.1 Å². The SMILES string of the molecule is Cc1cc(CN)cc(C)c1OCc1sccc1Br. The van der Waals surface area contributed by atoms with E-state index < -0.39 is 0 Å². The standard InChI is InChI=1S/C14H16BrNOS/c1-9-5-11(7-16)6-10(2)14(9)17-8-13-12(15)3-4-18-13/h3-6H,7-8,16H2,1-2H3. The van der Waals surface area contributed by atoms with Crippen LogP contribution in [0.1, 0.15) is 21.6 Å². The van der Waals surface area contributed by atoms with Gasteiger partial charge in [-0.25, -0.2) is 0 Å². The van der Waals surface area contributed by atoms with Crippen molar-refractivity contribution in [2.75, 3.05) is 0 Å². The first-order valence-electron chi connectivity index (χ1n) is 5.76. The Morgan fingerprint density at radius 1 is 1.28 bits per heavy atom. The molecule has 0 atom stereocenters. The maximum absolute atomic E-state index is 5.93. The molecule has 0 radical (unpaired) electrons. The van der Waals surface area contributed by atoms with Crippen molar-refractivity contribution in [3.8, 4) is 5.75 Å². The molecule has 2 nitrogen and oxygen atoms in total. The molecule has 0 saturated carbocycles. The van der Waals surface area contributed by atoms with Crippen LogP contribution >= 0.6 is 27.3 Å². The minimum atomic E-state index is 0.568. The third-order valence-electron chi connectivity index (χ3n) is 2.79. The highest BCUT2D eigenvalue weighted by Gasteiger charge is 2.08. The molecule has 18 heavy (non-hydrogen) atoms. The molecule has 0 spiro atoms. The van der Waals surface area contributed by atoms with Gasteiger partial charge in [0.1, 0.15) is 12.4 Å². The van der Waals surface area contributed by atoms with Crippen molar-refractivity contribution in [2.45, 2.75) is 27.0 Å². The average molecular weight is 326 g/mol. The van der Waals surface area contributed by atoms with Gasteiger partial charge in [-0.3, -0.25) is 0 Å². The van der Waals surface area contributed by atoms with Crippen molar-refractivity contribution in [1.82, 2.24) is 0 Å². The second-order valence-electron chi connectivity index (χ2n) is 4.24. The highest BCUT2D eigenvalue weighted by atomic mass is 79.9. The molecule has 0 aliphatic rings. The molecular formula is C14H16BrNOS. The van der Waals surface area contributed by atoms with Gasteiger partial charge in [-0.1, -0.05) is 12.1 Å². The van der Waals surface area contributed by atoms with Crippen LogP contribution in [0, 0.1) is 13.8 Å². The van der Waals surface area contributed by atoms with Crippen LogP contribution in [0.4, 0.5) is 0 Å². The molecule has 2 aromatic rings. The smallest absolute Gasteiger partial charge is 0.125 e. The van der Waals surface area contributed by atoms with Crippen molar-refractivity contribution in [3.05, 3.63) is 49.6 Å². The third kappa shape index (κ3) is 2.94. The lowest BCUT2D eigenvalue weighted by Crippen LogP contribution is -2.02. The number of ether oxygens (including phenoxy) is 1. The summed E-state index contributed by atoms with van der Waals surface area (Å²) in [5.74, 6) is 0.965. The van der Waals surface area contributed by atoms with Crippen molar-refractivity contribution in [2.24, 2.45) is 5.73 Å². The fraction of sp³-hybridized carbons (Fsp3) is 0.286. The molecule has 0 aliphatic carbocycles. The first-order valence-corrected chi connectivity index (χ1v) is 7.44. The molecule has 4 heteroatoms. The molecule has 0 aliphatic heterocycles. The van der Waals surface area contributed by atoms with E-state index in [9.17, 15) is 0 Å². The number of hydrogen-bond donors (Lipinski definition) is 1. The van der Waals surface area contributed by atoms with Crippen LogP contribution in [-0.2, 0) is 13.2 Å². The zero-order valence-electron chi connectivity index (χ0n) is 10.5. The lowest BCUT2D eigenvalue weighted by Gasteiger charge is -2.13. The number of halogens is 1. The highest BCUT2D eigenvalue weighted by Crippen LogP contribution is 2.28. The maximum atomic E-state index is 5.93. The largest absolute Gasteiger partial charge is 0.487 e. The Morgan fingerprint density at radius 2 is 1.94 bits per heavy atom. The third-order valence-corrected chi connectivity index (χ3v) is 4.69. The molecule has 1 aromatic carbocycles. The van der Waals surface area contributed by atoms with E-state index >= 15 is 0 Å². The van der Waals surface area contributed by atoms with Crippen LogP contribution < -0.4 is 10.5 Å².